The van der Waals surface area contributed by atoms with E-state index in [1.807, 2.05) is 31.2 Å². The van der Waals surface area contributed by atoms with Gasteiger partial charge in [0.25, 0.3) is 0 Å². The first kappa shape index (κ1) is 12.2. The van der Waals surface area contributed by atoms with Crippen molar-refractivity contribution in [2.75, 3.05) is 0 Å². The molecule has 6 nitrogen and oxygen atoms in total. The summed E-state index contributed by atoms with van der Waals surface area (Å²) in [6.45, 7) is 1.99. The van der Waals surface area contributed by atoms with E-state index in [1.165, 1.54) is 4.68 Å². The van der Waals surface area contributed by atoms with E-state index in [-0.39, 0.29) is 0 Å². The van der Waals surface area contributed by atoms with Gasteiger partial charge < -0.3 is 5.11 Å². The molecule has 0 aliphatic heterocycles. The Morgan fingerprint density at radius 3 is 2.56 bits per heavy atom. The minimum absolute atomic E-state index is 0.364. The number of carbonyl (C=O) groups is 1. The summed E-state index contributed by atoms with van der Waals surface area (Å²) in [6.07, 6.45) is 0.379. The smallest absolute Gasteiger partial charge is 0.314 e. The van der Waals surface area contributed by atoms with Gasteiger partial charge in [0.15, 0.2) is 5.82 Å². The van der Waals surface area contributed by atoms with Crippen molar-refractivity contribution in [1.82, 2.24) is 20.2 Å². The van der Waals surface area contributed by atoms with E-state index in [4.69, 9.17) is 0 Å². The maximum atomic E-state index is 11.3. The molecule has 6 heteroatoms. The molecule has 0 saturated carbocycles. The van der Waals surface area contributed by atoms with Gasteiger partial charge in [0.05, 0.1) is 0 Å². The first-order valence-electron chi connectivity index (χ1n) is 5.58. The molecule has 2 aromatic rings. The van der Waals surface area contributed by atoms with Crippen molar-refractivity contribution in [1.29, 1.82) is 0 Å². The maximum absolute atomic E-state index is 11.3. The van der Waals surface area contributed by atoms with Gasteiger partial charge in [-0.1, -0.05) is 29.8 Å². The van der Waals surface area contributed by atoms with E-state index in [0.717, 1.165) is 11.1 Å². The van der Waals surface area contributed by atoms with Crippen LogP contribution in [0.4, 0.5) is 0 Å². The molecule has 0 spiro atoms. The number of aromatic nitrogens is 4. The van der Waals surface area contributed by atoms with Crippen LogP contribution < -0.4 is 0 Å². The van der Waals surface area contributed by atoms with Gasteiger partial charge in [-0.3, -0.25) is 4.79 Å². The van der Waals surface area contributed by atoms with E-state index < -0.39 is 11.9 Å². The van der Waals surface area contributed by atoms with E-state index in [2.05, 4.69) is 15.5 Å². The number of carboxylic acid groups (broad SMARTS) is 1. The van der Waals surface area contributed by atoms with Crippen molar-refractivity contribution in [3.8, 4) is 0 Å². The third-order valence-corrected chi connectivity index (χ3v) is 2.82. The monoisotopic (exact) mass is 246 g/mol. The van der Waals surface area contributed by atoms with Gasteiger partial charge in [-0.15, -0.1) is 5.10 Å². The summed E-state index contributed by atoms with van der Waals surface area (Å²) in [5, 5.41) is 20.2. The molecule has 0 radical (unpaired) electrons. The number of aliphatic carboxylic acids is 1. The Kier molecular flexibility index (Phi) is 3.36. The van der Waals surface area contributed by atoms with E-state index in [1.54, 1.807) is 7.05 Å². The minimum atomic E-state index is -0.923. The van der Waals surface area contributed by atoms with Gasteiger partial charge in [-0.05, 0) is 29.3 Å². The Labute approximate surface area is 104 Å². The molecule has 1 aromatic carbocycles. The van der Waals surface area contributed by atoms with Gasteiger partial charge in [0.1, 0.15) is 5.92 Å². The van der Waals surface area contributed by atoms with Crippen LogP contribution in [0.15, 0.2) is 24.3 Å². The van der Waals surface area contributed by atoms with Crippen LogP contribution in [0.5, 0.6) is 0 Å². The number of rotatable bonds is 4. The van der Waals surface area contributed by atoms with Crippen LogP contribution in [0.3, 0.4) is 0 Å². The first-order chi connectivity index (χ1) is 8.58. The van der Waals surface area contributed by atoms with Crippen molar-refractivity contribution in [3.05, 3.63) is 41.2 Å². The molecule has 1 aromatic heterocycles. The number of aryl methyl sites for hydroxylation is 2. The van der Waals surface area contributed by atoms with Crippen LogP contribution >= 0.6 is 0 Å². The zero-order valence-corrected chi connectivity index (χ0v) is 10.2. The number of nitrogens with zero attached hydrogens (tertiary/aromatic N) is 4. The Morgan fingerprint density at radius 1 is 1.39 bits per heavy atom. The van der Waals surface area contributed by atoms with Crippen molar-refractivity contribution in [2.45, 2.75) is 19.3 Å². The molecule has 0 bridgehead atoms. The summed E-state index contributed by atoms with van der Waals surface area (Å²) < 4.78 is 1.40. The molecule has 18 heavy (non-hydrogen) atoms. The van der Waals surface area contributed by atoms with Crippen LogP contribution in [0.1, 0.15) is 22.9 Å². The summed E-state index contributed by atoms with van der Waals surface area (Å²) in [6, 6.07) is 7.77. The van der Waals surface area contributed by atoms with Crippen LogP contribution in [0.2, 0.25) is 0 Å². The predicted octanol–water partition coefficient (Wildman–Crippen LogP) is 0.929. The molecule has 0 fully saturated rings. The number of carboxylic acids is 1. The Hall–Kier alpha value is -2.24. The lowest BCUT2D eigenvalue weighted by Gasteiger charge is -2.10. The van der Waals surface area contributed by atoms with Crippen LogP contribution in [0, 0.1) is 6.92 Å². The Morgan fingerprint density at radius 2 is 2.06 bits per heavy atom. The van der Waals surface area contributed by atoms with Crippen molar-refractivity contribution >= 4 is 5.97 Å². The summed E-state index contributed by atoms with van der Waals surface area (Å²) in [5.74, 6) is -1.29. The van der Waals surface area contributed by atoms with Gasteiger partial charge in [-0.25, -0.2) is 4.68 Å². The molecule has 0 aliphatic rings. The maximum Gasteiger partial charge on any atom is 0.314 e. The molecule has 0 amide bonds. The van der Waals surface area contributed by atoms with Crippen LogP contribution in [-0.2, 0) is 18.3 Å². The number of hydrogen-bond donors (Lipinski definition) is 1. The SMILES string of the molecule is Cc1ccc(CC(C(=O)O)c2nnnn2C)cc1. The quantitative estimate of drug-likeness (QED) is 0.867. The highest BCUT2D eigenvalue weighted by atomic mass is 16.4. The molecule has 1 heterocycles. The molecule has 0 aliphatic carbocycles. The van der Waals surface area contributed by atoms with E-state index in [9.17, 15) is 9.90 Å². The third-order valence-electron chi connectivity index (χ3n) is 2.82. The van der Waals surface area contributed by atoms with Crippen LogP contribution in [0.25, 0.3) is 0 Å². The van der Waals surface area contributed by atoms with Crippen molar-refractivity contribution in [3.63, 3.8) is 0 Å². The standard InChI is InChI=1S/C12H14N4O2/c1-8-3-5-9(6-4-8)7-10(12(17)18)11-13-14-15-16(11)2/h3-6,10H,7H2,1-2H3,(H,17,18). The Bertz CT molecular complexity index is 547. The first-order valence-corrected chi connectivity index (χ1v) is 5.58. The summed E-state index contributed by atoms with van der Waals surface area (Å²) in [5.41, 5.74) is 2.10. The van der Waals surface area contributed by atoms with Gasteiger partial charge >= 0.3 is 5.97 Å². The lowest BCUT2D eigenvalue weighted by atomic mass is 9.98. The van der Waals surface area contributed by atoms with Gasteiger partial charge in [-0.2, -0.15) is 0 Å². The highest BCUT2D eigenvalue weighted by molar-refractivity contribution is 5.75. The topological polar surface area (TPSA) is 80.9 Å². The number of benzene rings is 1. The highest BCUT2D eigenvalue weighted by Crippen LogP contribution is 2.18. The number of hydrogen-bond acceptors (Lipinski definition) is 4. The number of tetrazole rings is 1. The highest BCUT2D eigenvalue weighted by Gasteiger charge is 2.25. The minimum Gasteiger partial charge on any atom is -0.481 e. The fourth-order valence-electron chi connectivity index (χ4n) is 1.78. The molecule has 0 saturated heterocycles. The van der Waals surface area contributed by atoms with Crippen LogP contribution in [-0.4, -0.2) is 31.3 Å². The average Bonchev–Trinajstić information content (AvgIpc) is 2.74. The fourth-order valence-corrected chi connectivity index (χ4v) is 1.78. The molecular weight excluding hydrogens is 232 g/mol. The predicted molar refractivity (Wildman–Crippen MR) is 64.1 cm³/mol. The third kappa shape index (κ3) is 2.53. The normalized spacial score (nSPS) is 12.3. The lowest BCUT2D eigenvalue weighted by molar-refractivity contribution is -0.139. The van der Waals surface area contributed by atoms with Crippen molar-refractivity contribution < 1.29 is 9.90 Å². The fraction of sp³-hybridized carbons (Fsp3) is 0.333. The summed E-state index contributed by atoms with van der Waals surface area (Å²) in [7, 11) is 1.64. The zero-order chi connectivity index (χ0) is 13.1. The molecule has 94 valence electrons. The average molecular weight is 246 g/mol. The van der Waals surface area contributed by atoms with Gasteiger partial charge in [0.2, 0.25) is 0 Å². The van der Waals surface area contributed by atoms with E-state index >= 15 is 0 Å². The lowest BCUT2D eigenvalue weighted by Crippen LogP contribution is -2.19. The second-order valence-electron chi connectivity index (χ2n) is 4.24. The Balaban J connectivity index is 2.25. The van der Waals surface area contributed by atoms with Crippen molar-refractivity contribution in [2.24, 2.45) is 7.05 Å². The molecule has 2 rings (SSSR count). The largest absolute Gasteiger partial charge is 0.481 e. The molecule has 1 N–H and O–H groups in total. The summed E-state index contributed by atoms with van der Waals surface area (Å²) in [4.78, 5) is 11.3. The summed E-state index contributed by atoms with van der Waals surface area (Å²) >= 11 is 0. The second-order valence-corrected chi connectivity index (χ2v) is 4.24. The van der Waals surface area contributed by atoms with Gasteiger partial charge in [0, 0.05) is 7.05 Å². The zero-order valence-electron chi connectivity index (χ0n) is 10.2. The molecule has 1 unspecified atom stereocenters. The van der Waals surface area contributed by atoms with E-state index in [0.29, 0.717) is 12.2 Å². The molecular formula is C12H14N4O2. The molecule has 1 atom stereocenters. The second kappa shape index (κ2) is 4.95.